The smallest absolute Gasteiger partial charge is 0.286 e. The van der Waals surface area contributed by atoms with Gasteiger partial charge in [0.15, 0.2) is 0 Å². The zero-order valence-electron chi connectivity index (χ0n) is 13.3. The first kappa shape index (κ1) is 16.8. The topological polar surface area (TPSA) is 104 Å². The molecule has 3 aromatic rings. The molecule has 0 saturated carbocycles. The highest BCUT2D eigenvalue weighted by atomic mass is 35.5. The number of hydrogen-bond acceptors (Lipinski definition) is 6. The summed E-state index contributed by atoms with van der Waals surface area (Å²) in [6.45, 7) is 0. The van der Waals surface area contributed by atoms with Crippen LogP contribution in [0.3, 0.4) is 0 Å². The van der Waals surface area contributed by atoms with Crippen LogP contribution in [0.25, 0.3) is 11.3 Å². The maximum Gasteiger partial charge on any atom is 0.286 e. The number of primary amides is 1. The van der Waals surface area contributed by atoms with Crippen LogP contribution in [-0.4, -0.2) is 33.0 Å². The summed E-state index contributed by atoms with van der Waals surface area (Å²) in [5.41, 5.74) is 8.01. The number of benzene rings is 1. The van der Waals surface area contributed by atoms with Crippen LogP contribution >= 0.6 is 11.6 Å². The van der Waals surface area contributed by atoms with Crippen molar-refractivity contribution in [3.63, 3.8) is 0 Å². The molecule has 7 nitrogen and oxygen atoms in total. The number of amides is 1. The number of hydrogen-bond donors (Lipinski definition) is 1. The maximum atomic E-state index is 11.0. The van der Waals surface area contributed by atoms with Crippen molar-refractivity contribution in [2.75, 3.05) is 7.11 Å². The SMILES string of the molecule is COc1ncc(Cc2cnc(C(N)=O)nc2)nc1-c1cccc(Cl)c1. The van der Waals surface area contributed by atoms with Gasteiger partial charge in [-0.1, -0.05) is 23.7 Å². The molecule has 0 unspecified atom stereocenters. The van der Waals surface area contributed by atoms with Gasteiger partial charge in [0.25, 0.3) is 5.91 Å². The predicted octanol–water partition coefficient (Wildman–Crippen LogP) is 2.29. The van der Waals surface area contributed by atoms with Gasteiger partial charge in [0.05, 0.1) is 19.0 Å². The fourth-order valence-corrected chi connectivity index (χ4v) is 2.45. The molecular formula is C17H14ClN5O2. The fraction of sp³-hybridized carbons (Fsp3) is 0.118. The average molecular weight is 356 g/mol. The predicted molar refractivity (Wildman–Crippen MR) is 92.4 cm³/mol. The minimum Gasteiger partial charge on any atom is -0.479 e. The number of nitrogens with zero attached hydrogens (tertiary/aromatic N) is 4. The van der Waals surface area contributed by atoms with E-state index in [1.54, 1.807) is 18.3 Å². The standard InChI is InChI=1S/C17H14ClN5O2/c1-25-17-14(11-3-2-4-12(18)6-11)23-13(9-22-17)5-10-7-20-16(15(19)24)21-8-10/h2-4,6-9H,5H2,1H3,(H2,19,24). The third kappa shape index (κ3) is 3.89. The molecule has 0 atom stereocenters. The zero-order valence-corrected chi connectivity index (χ0v) is 14.1. The molecule has 2 heterocycles. The second kappa shape index (κ2) is 7.23. The van der Waals surface area contributed by atoms with Crippen molar-refractivity contribution in [2.24, 2.45) is 5.73 Å². The molecule has 0 bridgehead atoms. The van der Waals surface area contributed by atoms with E-state index in [-0.39, 0.29) is 5.82 Å². The van der Waals surface area contributed by atoms with Crippen LogP contribution in [0.1, 0.15) is 21.9 Å². The molecule has 3 rings (SSSR count). The van der Waals surface area contributed by atoms with E-state index in [1.165, 1.54) is 19.5 Å². The first-order chi connectivity index (χ1) is 12.1. The van der Waals surface area contributed by atoms with Crippen molar-refractivity contribution >= 4 is 17.5 Å². The van der Waals surface area contributed by atoms with Gasteiger partial charge in [-0.25, -0.2) is 19.9 Å². The van der Waals surface area contributed by atoms with E-state index in [1.807, 2.05) is 12.1 Å². The Kier molecular flexibility index (Phi) is 4.85. The highest BCUT2D eigenvalue weighted by Crippen LogP contribution is 2.28. The second-order valence-corrected chi connectivity index (χ2v) is 5.62. The van der Waals surface area contributed by atoms with Gasteiger partial charge in [-0.05, 0) is 17.7 Å². The summed E-state index contributed by atoms with van der Waals surface area (Å²) in [5, 5.41) is 0.599. The van der Waals surface area contributed by atoms with Crippen molar-refractivity contribution in [3.8, 4) is 17.1 Å². The molecule has 0 saturated heterocycles. The summed E-state index contributed by atoms with van der Waals surface area (Å²) in [5.74, 6) is -0.283. The Hall–Kier alpha value is -3.06. The molecule has 0 spiro atoms. The molecule has 126 valence electrons. The number of ether oxygens (including phenoxy) is 1. The van der Waals surface area contributed by atoms with E-state index in [4.69, 9.17) is 22.1 Å². The average Bonchev–Trinajstić information content (AvgIpc) is 2.62. The van der Waals surface area contributed by atoms with Crippen LogP contribution in [0.2, 0.25) is 5.02 Å². The summed E-state index contributed by atoms with van der Waals surface area (Å²) >= 11 is 6.06. The van der Waals surface area contributed by atoms with Crippen LogP contribution in [0.4, 0.5) is 0 Å². The van der Waals surface area contributed by atoms with Gasteiger partial charge in [-0.3, -0.25) is 4.79 Å². The minimum absolute atomic E-state index is 0.0239. The van der Waals surface area contributed by atoms with Crippen LogP contribution in [0.15, 0.2) is 42.9 Å². The molecule has 1 aromatic carbocycles. The van der Waals surface area contributed by atoms with Gasteiger partial charge < -0.3 is 10.5 Å². The largest absolute Gasteiger partial charge is 0.479 e. The van der Waals surface area contributed by atoms with Gasteiger partial charge >= 0.3 is 0 Å². The van der Waals surface area contributed by atoms with Crippen LogP contribution in [-0.2, 0) is 6.42 Å². The van der Waals surface area contributed by atoms with E-state index in [0.29, 0.717) is 28.7 Å². The Bertz CT molecular complexity index is 915. The Morgan fingerprint density at radius 1 is 1.20 bits per heavy atom. The quantitative estimate of drug-likeness (QED) is 0.753. The molecule has 1 amide bonds. The number of methoxy groups -OCH3 is 1. The van der Waals surface area contributed by atoms with Crippen molar-refractivity contribution in [3.05, 3.63) is 65.0 Å². The van der Waals surface area contributed by atoms with E-state index in [0.717, 1.165) is 11.1 Å². The van der Waals surface area contributed by atoms with Crippen LogP contribution in [0, 0.1) is 0 Å². The molecule has 25 heavy (non-hydrogen) atoms. The number of nitrogens with two attached hydrogens (primary N) is 1. The summed E-state index contributed by atoms with van der Waals surface area (Å²) in [7, 11) is 1.54. The van der Waals surface area contributed by atoms with Gasteiger partial charge in [0.1, 0.15) is 5.69 Å². The first-order valence-corrected chi connectivity index (χ1v) is 7.71. The lowest BCUT2D eigenvalue weighted by Crippen LogP contribution is -2.15. The molecule has 8 heteroatoms. The number of carbonyl (C=O) groups is 1. The Labute approximate surface area is 148 Å². The van der Waals surface area contributed by atoms with E-state index in [2.05, 4.69) is 19.9 Å². The van der Waals surface area contributed by atoms with Crippen molar-refractivity contribution < 1.29 is 9.53 Å². The van der Waals surface area contributed by atoms with E-state index >= 15 is 0 Å². The van der Waals surface area contributed by atoms with Crippen molar-refractivity contribution in [1.29, 1.82) is 0 Å². The van der Waals surface area contributed by atoms with Gasteiger partial charge in [0.2, 0.25) is 11.7 Å². The molecule has 0 fully saturated rings. The lowest BCUT2D eigenvalue weighted by atomic mass is 10.1. The number of aromatic nitrogens is 4. The van der Waals surface area contributed by atoms with Crippen LogP contribution < -0.4 is 10.5 Å². The number of halogens is 1. The second-order valence-electron chi connectivity index (χ2n) is 5.19. The zero-order chi connectivity index (χ0) is 17.8. The highest BCUT2D eigenvalue weighted by Gasteiger charge is 2.12. The molecule has 0 aliphatic heterocycles. The normalized spacial score (nSPS) is 10.5. The number of rotatable bonds is 5. The summed E-state index contributed by atoms with van der Waals surface area (Å²) in [6.07, 6.45) is 5.15. The first-order valence-electron chi connectivity index (χ1n) is 7.33. The summed E-state index contributed by atoms with van der Waals surface area (Å²) in [4.78, 5) is 27.8. The molecule has 0 aliphatic rings. The summed E-state index contributed by atoms with van der Waals surface area (Å²) < 4.78 is 5.29. The van der Waals surface area contributed by atoms with Crippen molar-refractivity contribution in [2.45, 2.75) is 6.42 Å². The fourth-order valence-electron chi connectivity index (χ4n) is 2.26. The van der Waals surface area contributed by atoms with Crippen molar-refractivity contribution in [1.82, 2.24) is 19.9 Å². The molecule has 0 aliphatic carbocycles. The third-order valence-corrected chi connectivity index (χ3v) is 3.63. The van der Waals surface area contributed by atoms with Crippen LogP contribution in [0.5, 0.6) is 5.88 Å². The molecule has 0 radical (unpaired) electrons. The Morgan fingerprint density at radius 3 is 2.60 bits per heavy atom. The van der Waals surface area contributed by atoms with Gasteiger partial charge in [-0.15, -0.1) is 0 Å². The lowest BCUT2D eigenvalue weighted by molar-refractivity contribution is 0.0990. The monoisotopic (exact) mass is 355 g/mol. The lowest BCUT2D eigenvalue weighted by Gasteiger charge is -2.09. The highest BCUT2D eigenvalue weighted by molar-refractivity contribution is 6.30. The van der Waals surface area contributed by atoms with E-state index in [9.17, 15) is 4.79 Å². The number of carbonyl (C=O) groups excluding carboxylic acids is 1. The Morgan fingerprint density at radius 2 is 1.96 bits per heavy atom. The Balaban J connectivity index is 1.92. The molecular weight excluding hydrogens is 342 g/mol. The van der Waals surface area contributed by atoms with Gasteiger partial charge in [-0.2, -0.15) is 0 Å². The molecule has 2 N–H and O–H groups in total. The minimum atomic E-state index is -0.668. The maximum absolute atomic E-state index is 11.0. The van der Waals surface area contributed by atoms with Gasteiger partial charge in [0, 0.05) is 29.4 Å². The summed E-state index contributed by atoms with van der Waals surface area (Å²) in [6, 6.07) is 7.30. The third-order valence-electron chi connectivity index (χ3n) is 3.39. The van der Waals surface area contributed by atoms with E-state index < -0.39 is 5.91 Å². The molecule has 2 aromatic heterocycles.